The van der Waals surface area contributed by atoms with Gasteiger partial charge in [-0.3, -0.25) is 4.79 Å². The normalized spacial score (nSPS) is 20.4. The first-order chi connectivity index (χ1) is 9.08. The van der Waals surface area contributed by atoms with Crippen molar-refractivity contribution < 1.29 is 4.79 Å². The molecular weight excluding hydrogens is 240 g/mol. The van der Waals surface area contributed by atoms with E-state index in [0.717, 1.165) is 32.4 Å². The lowest BCUT2D eigenvalue weighted by molar-refractivity contribution is 0.0758. The van der Waals surface area contributed by atoms with Crippen molar-refractivity contribution in [3.05, 3.63) is 23.9 Å². The maximum absolute atomic E-state index is 12.4. The molecule has 0 bridgehead atoms. The van der Waals surface area contributed by atoms with Gasteiger partial charge in [0.25, 0.3) is 5.91 Å². The Hall–Kier alpha value is -1.62. The Kier molecular flexibility index (Phi) is 4.37. The molecule has 0 radical (unpaired) electrons. The third-order valence-electron chi connectivity index (χ3n) is 3.74. The second-order valence-electron chi connectivity index (χ2n) is 5.31. The van der Waals surface area contributed by atoms with Gasteiger partial charge >= 0.3 is 0 Å². The van der Waals surface area contributed by atoms with Crippen LogP contribution in [0.4, 0.5) is 5.82 Å². The van der Waals surface area contributed by atoms with Gasteiger partial charge in [0.15, 0.2) is 0 Å². The lowest BCUT2D eigenvalue weighted by Crippen LogP contribution is -2.33. The predicted molar refractivity (Wildman–Crippen MR) is 75.9 cm³/mol. The molecule has 0 aliphatic carbocycles. The first-order valence-electron chi connectivity index (χ1n) is 6.75. The second-order valence-corrected chi connectivity index (χ2v) is 5.31. The van der Waals surface area contributed by atoms with E-state index >= 15 is 0 Å². The molecule has 19 heavy (non-hydrogen) atoms. The summed E-state index contributed by atoms with van der Waals surface area (Å²) < 4.78 is 0. The molecule has 1 aliphatic heterocycles. The Morgan fingerprint density at radius 3 is 2.89 bits per heavy atom. The average Bonchev–Trinajstić information content (AvgIpc) is 2.63. The molecule has 1 saturated heterocycles. The van der Waals surface area contributed by atoms with Crippen LogP contribution in [0.3, 0.4) is 0 Å². The summed E-state index contributed by atoms with van der Waals surface area (Å²) in [6.45, 7) is 1.63. The number of carbonyl (C=O) groups is 1. The third-order valence-corrected chi connectivity index (χ3v) is 3.74. The minimum absolute atomic E-state index is 0.0634. The number of hydrogen-bond acceptors (Lipinski definition) is 4. The highest BCUT2D eigenvalue weighted by Crippen LogP contribution is 2.17. The number of hydrogen-bond donors (Lipinski definition) is 1. The number of nitrogens with two attached hydrogens (primary N) is 1. The monoisotopic (exact) mass is 262 g/mol. The summed E-state index contributed by atoms with van der Waals surface area (Å²) in [7, 11) is 4.21. The van der Waals surface area contributed by atoms with E-state index in [2.05, 4.69) is 24.0 Å². The van der Waals surface area contributed by atoms with E-state index in [1.54, 1.807) is 18.3 Å². The number of nitrogens with zero attached hydrogens (tertiary/aromatic N) is 3. The van der Waals surface area contributed by atoms with Crippen molar-refractivity contribution in [2.45, 2.75) is 25.3 Å². The number of carbonyl (C=O) groups excluding carboxylic acids is 1. The number of pyridine rings is 1. The van der Waals surface area contributed by atoms with Gasteiger partial charge in [0.05, 0.1) is 0 Å². The largest absolute Gasteiger partial charge is 0.384 e. The molecule has 0 unspecified atom stereocenters. The smallest absolute Gasteiger partial charge is 0.254 e. The summed E-state index contributed by atoms with van der Waals surface area (Å²) in [6, 6.07) is 3.95. The highest BCUT2D eigenvalue weighted by atomic mass is 16.2. The lowest BCUT2D eigenvalue weighted by Gasteiger charge is -2.23. The molecule has 1 atom stereocenters. The SMILES string of the molecule is CN(C)[C@@H]1CCCN(C(=O)c2ccnc(N)c2)CC1. The van der Waals surface area contributed by atoms with Crippen molar-refractivity contribution >= 4 is 11.7 Å². The number of nitrogen functional groups attached to an aromatic ring is 1. The van der Waals surface area contributed by atoms with Gasteiger partial charge in [-0.05, 0) is 45.5 Å². The second kappa shape index (κ2) is 6.02. The standard InChI is InChI=1S/C14H22N4O/c1-17(2)12-4-3-8-18(9-6-12)14(19)11-5-7-16-13(15)10-11/h5,7,10,12H,3-4,6,8-9H2,1-2H3,(H2,15,16)/t12-/m1/s1. The van der Waals surface area contributed by atoms with Crippen molar-refractivity contribution in [3.8, 4) is 0 Å². The molecule has 0 spiro atoms. The Balaban J connectivity index is 2.04. The Morgan fingerprint density at radius 2 is 2.21 bits per heavy atom. The van der Waals surface area contributed by atoms with E-state index < -0.39 is 0 Å². The quantitative estimate of drug-likeness (QED) is 0.870. The van der Waals surface area contributed by atoms with E-state index in [1.165, 1.54) is 0 Å². The number of rotatable bonds is 2. The summed E-state index contributed by atoms with van der Waals surface area (Å²) in [5.41, 5.74) is 6.27. The fourth-order valence-corrected chi connectivity index (χ4v) is 2.56. The van der Waals surface area contributed by atoms with Crippen LogP contribution in [-0.4, -0.2) is 53.9 Å². The minimum atomic E-state index is 0.0634. The zero-order valence-electron chi connectivity index (χ0n) is 11.7. The molecule has 1 aromatic rings. The van der Waals surface area contributed by atoms with Gasteiger partial charge < -0.3 is 15.5 Å². The van der Waals surface area contributed by atoms with Crippen LogP contribution >= 0.6 is 0 Å². The van der Waals surface area contributed by atoms with Crippen molar-refractivity contribution in [2.24, 2.45) is 0 Å². The van der Waals surface area contributed by atoms with Crippen LogP contribution in [0.1, 0.15) is 29.6 Å². The van der Waals surface area contributed by atoms with Crippen molar-refractivity contribution in [1.82, 2.24) is 14.8 Å². The van der Waals surface area contributed by atoms with Crippen LogP contribution in [0, 0.1) is 0 Å². The van der Waals surface area contributed by atoms with Gasteiger partial charge in [0.2, 0.25) is 0 Å². The number of anilines is 1. The maximum atomic E-state index is 12.4. The average molecular weight is 262 g/mol. The Labute approximate surface area is 114 Å². The third kappa shape index (κ3) is 3.44. The fraction of sp³-hybridized carbons (Fsp3) is 0.571. The van der Waals surface area contributed by atoms with E-state index in [9.17, 15) is 4.79 Å². The van der Waals surface area contributed by atoms with Crippen LogP contribution in [0.5, 0.6) is 0 Å². The van der Waals surface area contributed by atoms with Crippen molar-refractivity contribution in [1.29, 1.82) is 0 Å². The van der Waals surface area contributed by atoms with Gasteiger partial charge in [-0.15, -0.1) is 0 Å². The van der Waals surface area contributed by atoms with Crippen LogP contribution in [0.15, 0.2) is 18.3 Å². The van der Waals surface area contributed by atoms with E-state index in [-0.39, 0.29) is 5.91 Å². The minimum Gasteiger partial charge on any atom is -0.384 e. The number of aromatic nitrogens is 1. The maximum Gasteiger partial charge on any atom is 0.254 e. The van der Waals surface area contributed by atoms with Gasteiger partial charge in [0, 0.05) is 30.9 Å². The number of amides is 1. The van der Waals surface area contributed by atoms with Crippen LogP contribution in [0.25, 0.3) is 0 Å². The predicted octanol–water partition coefficient (Wildman–Crippen LogP) is 1.22. The first-order valence-corrected chi connectivity index (χ1v) is 6.75. The molecule has 1 aromatic heterocycles. The van der Waals surface area contributed by atoms with Crippen LogP contribution < -0.4 is 5.73 Å². The highest BCUT2D eigenvalue weighted by Gasteiger charge is 2.22. The van der Waals surface area contributed by atoms with Crippen molar-refractivity contribution in [3.63, 3.8) is 0 Å². The summed E-state index contributed by atoms with van der Waals surface area (Å²) in [4.78, 5) is 20.5. The van der Waals surface area contributed by atoms with Crippen molar-refractivity contribution in [2.75, 3.05) is 32.9 Å². The molecule has 5 nitrogen and oxygen atoms in total. The molecule has 2 heterocycles. The van der Waals surface area contributed by atoms with Crippen LogP contribution in [-0.2, 0) is 0 Å². The van der Waals surface area contributed by atoms with Gasteiger partial charge in [-0.2, -0.15) is 0 Å². The highest BCUT2D eigenvalue weighted by molar-refractivity contribution is 5.94. The van der Waals surface area contributed by atoms with E-state index in [0.29, 0.717) is 17.4 Å². The van der Waals surface area contributed by atoms with Crippen LogP contribution in [0.2, 0.25) is 0 Å². The van der Waals surface area contributed by atoms with E-state index in [4.69, 9.17) is 5.73 Å². The molecule has 1 fully saturated rings. The molecule has 2 rings (SSSR count). The summed E-state index contributed by atoms with van der Waals surface area (Å²) in [5, 5.41) is 0. The first kappa shape index (κ1) is 13.8. The summed E-state index contributed by atoms with van der Waals surface area (Å²) in [6.07, 6.45) is 4.81. The molecule has 2 N–H and O–H groups in total. The Morgan fingerprint density at radius 1 is 1.42 bits per heavy atom. The molecule has 1 amide bonds. The summed E-state index contributed by atoms with van der Waals surface area (Å²) >= 11 is 0. The topological polar surface area (TPSA) is 62.5 Å². The fourth-order valence-electron chi connectivity index (χ4n) is 2.56. The van der Waals surface area contributed by atoms with Gasteiger partial charge in [-0.25, -0.2) is 4.98 Å². The zero-order valence-corrected chi connectivity index (χ0v) is 11.7. The summed E-state index contributed by atoms with van der Waals surface area (Å²) in [5.74, 6) is 0.459. The molecule has 1 aliphatic rings. The molecule has 5 heteroatoms. The van der Waals surface area contributed by atoms with Gasteiger partial charge in [0.1, 0.15) is 5.82 Å². The lowest BCUT2D eigenvalue weighted by atomic mass is 10.1. The van der Waals surface area contributed by atoms with Gasteiger partial charge in [-0.1, -0.05) is 0 Å². The molecule has 0 saturated carbocycles. The molecular formula is C14H22N4O. The van der Waals surface area contributed by atoms with E-state index in [1.807, 2.05) is 4.90 Å². The molecule has 104 valence electrons. The Bertz CT molecular complexity index is 447. The number of likely N-dealkylation sites (tertiary alicyclic amines) is 1. The molecule has 0 aromatic carbocycles. The zero-order chi connectivity index (χ0) is 13.8.